The Morgan fingerprint density at radius 1 is 0.500 bits per heavy atom. The number of benzene rings is 4. The van der Waals surface area contributed by atoms with Gasteiger partial charge in [-0.3, -0.25) is 0 Å². The molecule has 0 aliphatic carbocycles. The fourth-order valence-electron chi connectivity index (χ4n) is 5.99. The summed E-state index contributed by atoms with van der Waals surface area (Å²) < 4.78 is 2.12. The first kappa shape index (κ1) is 31.3. The molecular weight excluding hydrogens is 505 g/mol. The first-order valence-corrected chi connectivity index (χ1v) is 16.3. The topological polar surface area (TPSA) is 3.88 Å². The van der Waals surface area contributed by atoms with Crippen molar-refractivity contribution in [3.63, 3.8) is 0 Å². The molecule has 0 aliphatic rings. The summed E-state index contributed by atoms with van der Waals surface area (Å²) in [6, 6.07) is 43.6. The normalized spacial score (nSPS) is 10.7. The highest BCUT2D eigenvalue weighted by Gasteiger charge is 2.23. The minimum Gasteiger partial charge on any atom is -0.201 e. The van der Waals surface area contributed by atoms with Gasteiger partial charge < -0.3 is 0 Å². The molecule has 0 amide bonds. The van der Waals surface area contributed by atoms with Crippen LogP contribution in [0.5, 0.6) is 0 Å². The van der Waals surface area contributed by atoms with E-state index in [0.29, 0.717) is 6.71 Å². The lowest BCUT2D eigenvalue weighted by molar-refractivity contribution is -0.644. The van der Waals surface area contributed by atoms with Crippen molar-refractivity contribution in [2.75, 3.05) is 0 Å². The van der Waals surface area contributed by atoms with E-state index in [0.717, 1.165) is 0 Å². The Morgan fingerprint density at radius 3 is 1.62 bits per heavy atom. The van der Waals surface area contributed by atoms with Gasteiger partial charge in [0, 0.05) is 17.5 Å². The fourth-order valence-corrected chi connectivity index (χ4v) is 5.99. The molecule has 0 fully saturated rings. The SMILES string of the molecule is CCCCCCCCCCCCc1ccccc1B(c1ccccc1)c1ccccc1.C[n+]1cccc2ccccc21. The molecule has 0 N–H and O–H groups in total. The molecule has 5 rings (SSSR count). The average molecular weight is 555 g/mol. The number of unbranched alkanes of at least 4 members (excludes halogenated alkanes) is 9. The van der Waals surface area contributed by atoms with Crippen molar-refractivity contribution in [3.05, 3.63) is 133 Å². The second kappa shape index (κ2) is 18.0. The van der Waals surface area contributed by atoms with E-state index in [1.54, 1.807) is 0 Å². The van der Waals surface area contributed by atoms with Crippen LogP contribution in [-0.4, -0.2) is 6.71 Å². The lowest BCUT2D eigenvalue weighted by Crippen LogP contribution is -2.53. The van der Waals surface area contributed by atoms with E-state index in [1.807, 2.05) is 0 Å². The number of pyridine rings is 1. The van der Waals surface area contributed by atoms with Gasteiger partial charge in [-0.1, -0.05) is 184 Å². The van der Waals surface area contributed by atoms with Crippen LogP contribution in [0.2, 0.25) is 0 Å². The van der Waals surface area contributed by atoms with Crippen molar-refractivity contribution in [3.8, 4) is 0 Å². The summed E-state index contributed by atoms with van der Waals surface area (Å²) in [4.78, 5) is 0. The summed E-state index contributed by atoms with van der Waals surface area (Å²) in [7, 11) is 2.06. The van der Waals surface area contributed by atoms with Gasteiger partial charge >= 0.3 is 0 Å². The van der Waals surface area contributed by atoms with Gasteiger partial charge in [-0.25, -0.2) is 4.57 Å². The number of hydrogen-bond acceptors (Lipinski definition) is 0. The Labute approximate surface area is 255 Å². The van der Waals surface area contributed by atoms with Gasteiger partial charge in [0.2, 0.25) is 12.2 Å². The molecule has 0 saturated heterocycles. The summed E-state index contributed by atoms with van der Waals surface area (Å²) in [6.07, 6.45) is 17.1. The Bertz CT molecular complexity index is 1390. The van der Waals surface area contributed by atoms with Crippen LogP contribution in [-0.2, 0) is 13.5 Å². The third-order valence-corrected chi connectivity index (χ3v) is 8.33. The van der Waals surface area contributed by atoms with E-state index in [4.69, 9.17) is 0 Å². The highest BCUT2D eigenvalue weighted by atomic mass is 14.9. The molecule has 4 aromatic carbocycles. The van der Waals surface area contributed by atoms with E-state index >= 15 is 0 Å². The van der Waals surface area contributed by atoms with Gasteiger partial charge in [0.1, 0.15) is 7.05 Å². The molecule has 5 aromatic rings. The van der Waals surface area contributed by atoms with Crippen LogP contribution in [0.15, 0.2) is 128 Å². The molecule has 0 spiro atoms. The Kier molecular flexibility index (Phi) is 13.4. The monoisotopic (exact) mass is 554 g/mol. The second-order valence-electron chi connectivity index (χ2n) is 11.6. The Hall–Kier alpha value is -3.65. The van der Waals surface area contributed by atoms with Crippen molar-refractivity contribution in [1.29, 1.82) is 0 Å². The van der Waals surface area contributed by atoms with Gasteiger partial charge in [0.15, 0.2) is 6.20 Å². The molecule has 0 aliphatic heterocycles. The molecule has 216 valence electrons. The molecule has 42 heavy (non-hydrogen) atoms. The molecule has 0 bridgehead atoms. The maximum atomic E-state index is 2.35. The number of rotatable bonds is 14. The highest BCUT2D eigenvalue weighted by molar-refractivity contribution is 6.95. The first-order chi connectivity index (χ1) is 20.8. The third-order valence-electron chi connectivity index (χ3n) is 8.33. The zero-order valence-electron chi connectivity index (χ0n) is 25.9. The molecule has 1 aromatic heterocycles. The number of hydrogen-bond donors (Lipinski definition) is 0. The van der Waals surface area contributed by atoms with Crippen molar-refractivity contribution < 1.29 is 4.57 Å². The highest BCUT2D eigenvalue weighted by Crippen LogP contribution is 2.13. The fraction of sp³-hybridized carbons (Fsp3) is 0.325. The summed E-state index contributed by atoms with van der Waals surface area (Å²) in [6.45, 7) is 2.60. The predicted molar refractivity (Wildman–Crippen MR) is 185 cm³/mol. The molecule has 1 nitrogen and oxygen atoms in total. The standard InChI is InChI=1S/C30H39B.C10H10N/c1-2-3-4-5-6-7-8-9-10-13-20-27-21-18-19-26-30(27)31(28-22-14-11-15-23-28)29-24-16-12-17-25-29;1-11-8-4-6-9-5-2-3-7-10(9)11/h11-12,14-19,21-26H,2-10,13,20H2,1H3;2-8H,1H3/q;+1. The van der Waals surface area contributed by atoms with Gasteiger partial charge in [0.05, 0.1) is 0 Å². The zero-order chi connectivity index (χ0) is 29.2. The second-order valence-corrected chi connectivity index (χ2v) is 11.6. The molecule has 0 saturated carbocycles. The third kappa shape index (κ3) is 9.73. The van der Waals surface area contributed by atoms with Crippen LogP contribution in [0.25, 0.3) is 10.9 Å². The van der Waals surface area contributed by atoms with Gasteiger partial charge in [-0.2, -0.15) is 0 Å². The molecule has 2 heteroatoms. The number of nitrogens with zero attached hydrogens (tertiary/aromatic N) is 1. The van der Waals surface area contributed by atoms with Gasteiger partial charge in [0.25, 0.3) is 0 Å². The van der Waals surface area contributed by atoms with E-state index in [9.17, 15) is 0 Å². The van der Waals surface area contributed by atoms with Crippen LogP contribution >= 0.6 is 0 Å². The van der Waals surface area contributed by atoms with Crippen LogP contribution in [0.3, 0.4) is 0 Å². The van der Waals surface area contributed by atoms with E-state index in [2.05, 4.69) is 146 Å². The van der Waals surface area contributed by atoms with Crippen LogP contribution in [0.4, 0.5) is 0 Å². The summed E-state index contributed by atoms with van der Waals surface area (Å²) in [5.41, 5.74) is 7.01. The van der Waals surface area contributed by atoms with Crippen molar-refractivity contribution >= 4 is 34.0 Å². The van der Waals surface area contributed by atoms with Crippen LogP contribution < -0.4 is 21.0 Å². The van der Waals surface area contributed by atoms with Crippen molar-refractivity contribution in [2.24, 2.45) is 7.05 Å². The average Bonchev–Trinajstić information content (AvgIpc) is 3.04. The maximum absolute atomic E-state index is 2.35. The van der Waals surface area contributed by atoms with E-state index in [1.165, 1.54) is 103 Å². The largest absolute Gasteiger partial charge is 0.241 e. The Balaban J connectivity index is 0.000000305. The quantitative estimate of drug-likeness (QED) is 0.0738. The molecule has 0 unspecified atom stereocenters. The summed E-state index contributed by atoms with van der Waals surface area (Å²) in [5.74, 6) is 0. The minimum atomic E-state index is 0.307. The van der Waals surface area contributed by atoms with Crippen LogP contribution in [0.1, 0.15) is 76.7 Å². The Morgan fingerprint density at radius 2 is 1.00 bits per heavy atom. The van der Waals surface area contributed by atoms with E-state index in [-0.39, 0.29) is 0 Å². The number of aryl methyl sites for hydroxylation is 2. The minimum absolute atomic E-state index is 0.307. The maximum Gasteiger partial charge on any atom is 0.241 e. The first-order valence-electron chi connectivity index (χ1n) is 16.3. The smallest absolute Gasteiger partial charge is 0.201 e. The molecular formula is C40H49BN+. The summed E-state index contributed by atoms with van der Waals surface area (Å²) in [5, 5.41) is 1.29. The summed E-state index contributed by atoms with van der Waals surface area (Å²) >= 11 is 0. The van der Waals surface area contributed by atoms with Crippen molar-refractivity contribution in [2.45, 2.75) is 77.6 Å². The lowest BCUT2D eigenvalue weighted by Gasteiger charge is -2.19. The molecule has 0 radical (unpaired) electrons. The van der Waals surface area contributed by atoms with Gasteiger partial charge in [-0.15, -0.1) is 0 Å². The zero-order valence-corrected chi connectivity index (χ0v) is 25.9. The number of fused-ring (bicyclic) bond motifs is 1. The molecule has 0 atom stereocenters. The number of aromatic nitrogens is 1. The number of para-hydroxylation sites is 1. The van der Waals surface area contributed by atoms with E-state index < -0.39 is 0 Å². The van der Waals surface area contributed by atoms with Crippen molar-refractivity contribution in [1.82, 2.24) is 0 Å². The molecule has 1 heterocycles. The lowest BCUT2D eigenvalue weighted by atomic mass is 9.36. The van der Waals surface area contributed by atoms with Gasteiger partial charge in [-0.05, 0) is 25.0 Å². The predicted octanol–water partition coefficient (Wildman–Crippen LogP) is 8.33. The van der Waals surface area contributed by atoms with Crippen LogP contribution in [0, 0.1) is 0 Å².